The monoisotopic (exact) mass is 263 g/mol. The zero-order chi connectivity index (χ0) is 12.7. The lowest BCUT2D eigenvalue weighted by atomic mass is 9.99. The normalized spacial score (nSPS) is 18.8. The molecule has 1 rings (SSSR count). The van der Waals surface area contributed by atoms with E-state index in [4.69, 9.17) is 0 Å². The van der Waals surface area contributed by atoms with Crippen LogP contribution in [0.1, 0.15) is 32.6 Å². The zero-order valence-corrected chi connectivity index (χ0v) is 11.7. The van der Waals surface area contributed by atoms with Crippen LogP contribution in [-0.4, -0.2) is 45.9 Å². The van der Waals surface area contributed by atoms with Crippen molar-refractivity contribution in [3.8, 4) is 0 Å². The largest absolute Gasteiger partial charge is 0.317 e. The second kappa shape index (κ2) is 7.31. The SMILES string of the molecule is CCCCN(C)S(=O)(=O)NCC1CCNCC1. The van der Waals surface area contributed by atoms with Gasteiger partial charge >= 0.3 is 0 Å². The summed E-state index contributed by atoms with van der Waals surface area (Å²) in [6.45, 7) is 5.22. The number of rotatable bonds is 7. The number of hydrogen-bond acceptors (Lipinski definition) is 3. The summed E-state index contributed by atoms with van der Waals surface area (Å²) in [5.74, 6) is 0.477. The van der Waals surface area contributed by atoms with Crippen molar-refractivity contribution in [1.29, 1.82) is 0 Å². The summed E-state index contributed by atoms with van der Waals surface area (Å²) >= 11 is 0. The van der Waals surface area contributed by atoms with E-state index in [0.717, 1.165) is 38.8 Å². The molecule has 1 aliphatic heterocycles. The molecule has 0 amide bonds. The van der Waals surface area contributed by atoms with E-state index in [1.807, 2.05) is 0 Å². The van der Waals surface area contributed by atoms with Crippen LogP contribution >= 0.6 is 0 Å². The highest BCUT2D eigenvalue weighted by Gasteiger charge is 2.20. The second-order valence-electron chi connectivity index (χ2n) is 4.72. The summed E-state index contributed by atoms with van der Waals surface area (Å²) in [7, 11) is -1.63. The van der Waals surface area contributed by atoms with Crippen molar-refractivity contribution >= 4 is 10.2 Å². The van der Waals surface area contributed by atoms with Crippen LogP contribution in [0.15, 0.2) is 0 Å². The van der Waals surface area contributed by atoms with Gasteiger partial charge in [0.2, 0.25) is 0 Å². The molecule has 6 heteroatoms. The molecule has 1 aliphatic rings. The third-order valence-corrected chi connectivity index (χ3v) is 4.78. The molecule has 17 heavy (non-hydrogen) atoms. The Hall–Kier alpha value is -0.170. The maximum atomic E-state index is 11.9. The molecule has 0 saturated carbocycles. The molecule has 2 N–H and O–H groups in total. The molecule has 5 nitrogen and oxygen atoms in total. The number of nitrogens with zero attached hydrogens (tertiary/aromatic N) is 1. The average molecular weight is 263 g/mol. The highest BCUT2D eigenvalue weighted by Crippen LogP contribution is 2.10. The van der Waals surface area contributed by atoms with Crippen LogP contribution in [0, 0.1) is 5.92 Å². The van der Waals surface area contributed by atoms with E-state index in [0.29, 0.717) is 19.0 Å². The summed E-state index contributed by atoms with van der Waals surface area (Å²) in [6, 6.07) is 0. The first-order valence-electron chi connectivity index (χ1n) is 6.48. The predicted octanol–water partition coefficient (Wildman–Crippen LogP) is 0.552. The first kappa shape index (κ1) is 14.9. The third kappa shape index (κ3) is 5.33. The molecule has 1 saturated heterocycles. The van der Waals surface area contributed by atoms with Gasteiger partial charge < -0.3 is 5.32 Å². The Morgan fingerprint density at radius 2 is 2.00 bits per heavy atom. The summed E-state index contributed by atoms with van der Waals surface area (Å²) in [5, 5.41) is 3.27. The molecule has 1 heterocycles. The molecule has 0 bridgehead atoms. The minimum atomic E-state index is -3.27. The van der Waals surface area contributed by atoms with Gasteiger partial charge in [0.25, 0.3) is 10.2 Å². The fourth-order valence-corrected chi connectivity index (χ4v) is 2.96. The Morgan fingerprint density at radius 1 is 1.35 bits per heavy atom. The standard InChI is InChI=1S/C11H25N3O2S/c1-3-4-9-14(2)17(15,16)13-10-11-5-7-12-8-6-11/h11-13H,3-10H2,1-2H3. The molecular weight excluding hydrogens is 238 g/mol. The van der Waals surface area contributed by atoms with Gasteiger partial charge in [-0.1, -0.05) is 13.3 Å². The van der Waals surface area contributed by atoms with E-state index in [2.05, 4.69) is 17.0 Å². The average Bonchev–Trinajstić information content (AvgIpc) is 2.35. The molecule has 0 aromatic heterocycles. The fourth-order valence-electron chi connectivity index (χ4n) is 1.92. The van der Waals surface area contributed by atoms with Crippen molar-refractivity contribution in [3.63, 3.8) is 0 Å². The van der Waals surface area contributed by atoms with Gasteiger partial charge in [-0.25, -0.2) is 4.72 Å². The molecular formula is C11H25N3O2S. The van der Waals surface area contributed by atoms with Gasteiger partial charge in [0, 0.05) is 20.1 Å². The number of unbranched alkanes of at least 4 members (excludes halogenated alkanes) is 1. The molecule has 1 fully saturated rings. The van der Waals surface area contributed by atoms with Crippen LogP contribution < -0.4 is 10.0 Å². The second-order valence-corrected chi connectivity index (χ2v) is 6.58. The number of piperidine rings is 1. The molecule has 0 radical (unpaired) electrons. The molecule has 0 spiro atoms. The van der Waals surface area contributed by atoms with Crippen LogP contribution in [0.2, 0.25) is 0 Å². The van der Waals surface area contributed by atoms with Crippen molar-refractivity contribution in [1.82, 2.24) is 14.3 Å². The van der Waals surface area contributed by atoms with Gasteiger partial charge in [0.05, 0.1) is 0 Å². The van der Waals surface area contributed by atoms with E-state index < -0.39 is 10.2 Å². The van der Waals surface area contributed by atoms with E-state index in [1.165, 1.54) is 4.31 Å². The molecule has 0 atom stereocenters. The van der Waals surface area contributed by atoms with Crippen molar-refractivity contribution in [3.05, 3.63) is 0 Å². The number of nitrogens with one attached hydrogen (secondary N) is 2. The minimum Gasteiger partial charge on any atom is -0.317 e. The van der Waals surface area contributed by atoms with Gasteiger partial charge in [-0.05, 0) is 38.3 Å². The van der Waals surface area contributed by atoms with E-state index in [1.54, 1.807) is 7.05 Å². The highest BCUT2D eigenvalue weighted by atomic mass is 32.2. The van der Waals surface area contributed by atoms with Crippen LogP contribution in [0.5, 0.6) is 0 Å². The first-order chi connectivity index (χ1) is 8.06. The zero-order valence-electron chi connectivity index (χ0n) is 10.9. The fraction of sp³-hybridized carbons (Fsp3) is 1.00. The van der Waals surface area contributed by atoms with Gasteiger partial charge in [-0.3, -0.25) is 0 Å². The predicted molar refractivity (Wildman–Crippen MR) is 70.1 cm³/mol. The topological polar surface area (TPSA) is 61.4 Å². The van der Waals surface area contributed by atoms with Gasteiger partial charge in [-0.15, -0.1) is 0 Å². The van der Waals surface area contributed by atoms with E-state index in [9.17, 15) is 8.42 Å². The Bertz CT molecular complexity index is 300. The third-order valence-electron chi connectivity index (χ3n) is 3.25. The van der Waals surface area contributed by atoms with Crippen LogP contribution in [0.25, 0.3) is 0 Å². The highest BCUT2D eigenvalue weighted by molar-refractivity contribution is 7.87. The molecule has 0 aromatic carbocycles. The summed E-state index contributed by atoms with van der Waals surface area (Å²) in [5.41, 5.74) is 0. The van der Waals surface area contributed by atoms with Crippen LogP contribution in [-0.2, 0) is 10.2 Å². The molecule has 102 valence electrons. The Kier molecular flexibility index (Phi) is 6.40. The Labute approximate surface area is 105 Å². The number of hydrogen-bond donors (Lipinski definition) is 2. The summed E-state index contributed by atoms with van der Waals surface area (Å²) < 4.78 is 27.9. The lowest BCUT2D eigenvalue weighted by Gasteiger charge is -2.24. The van der Waals surface area contributed by atoms with E-state index >= 15 is 0 Å². The van der Waals surface area contributed by atoms with Gasteiger partial charge in [-0.2, -0.15) is 12.7 Å². The van der Waals surface area contributed by atoms with Crippen molar-refractivity contribution in [2.24, 2.45) is 5.92 Å². The Balaban J connectivity index is 2.32. The van der Waals surface area contributed by atoms with Crippen molar-refractivity contribution in [2.45, 2.75) is 32.6 Å². The van der Waals surface area contributed by atoms with Crippen LogP contribution in [0.3, 0.4) is 0 Å². The van der Waals surface area contributed by atoms with Crippen LogP contribution in [0.4, 0.5) is 0 Å². The molecule has 0 aliphatic carbocycles. The smallest absolute Gasteiger partial charge is 0.279 e. The lowest BCUT2D eigenvalue weighted by molar-refractivity contribution is 0.366. The van der Waals surface area contributed by atoms with Crippen molar-refractivity contribution in [2.75, 3.05) is 33.2 Å². The minimum absolute atomic E-state index is 0.477. The molecule has 0 aromatic rings. The Morgan fingerprint density at radius 3 is 2.59 bits per heavy atom. The first-order valence-corrected chi connectivity index (χ1v) is 7.92. The summed E-state index contributed by atoms with van der Waals surface area (Å²) in [6.07, 6.45) is 4.03. The van der Waals surface area contributed by atoms with Gasteiger partial charge in [0.1, 0.15) is 0 Å². The maximum Gasteiger partial charge on any atom is 0.279 e. The summed E-state index contributed by atoms with van der Waals surface area (Å²) in [4.78, 5) is 0. The van der Waals surface area contributed by atoms with E-state index in [-0.39, 0.29) is 0 Å². The quantitative estimate of drug-likeness (QED) is 0.705. The molecule has 0 unspecified atom stereocenters. The van der Waals surface area contributed by atoms with Gasteiger partial charge in [0.15, 0.2) is 0 Å². The van der Waals surface area contributed by atoms with Crippen molar-refractivity contribution < 1.29 is 8.42 Å². The lowest BCUT2D eigenvalue weighted by Crippen LogP contribution is -2.42. The maximum absolute atomic E-state index is 11.9.